The summed E-state index contributed by atoms with van der Waals surface area (Å²) in [5.74, 6) is 0.835. The van der Waals surface area contributed by atoms with Crippen molar-refractivity contribution >= 4 is 35.0 Å². The number of nitrogens with one attached hydrogen (secondary N) is 1. The fourth-order valence-electron chi connectivity index (χ4n) is 2.44. The fourth-order valence-corrected chi connectivity index (χ4v) is 3.28. The molecule has 0 aliphatic heterocycles. The van der Waals surface area contributed by atoms with Gasteiger partial charge in [0, 0.05) is 17.8 Å². The summed E-state index contributed by atoms with van der Waals surface area (Å²) in [5.41, 5.74) is 0.676. The Morgan fingerprint density at radius 2 is 1.89 bits per heavy atom. The van der Waals surface area contributed by atoms with Gasteiger partial charge in [-0.1, -0.05) is 23.4 Å². The zero-order chi connectivity index (χ0) is 20.1. The van der Waals surface area contributed by atoms with Crippen LogP contribution in [0.5, 0.6) is 5.75 Å². The molecule has 1 atom stereocenters. The van der Waals surface area contributed by atoms with Crippen molar-refractivity contribution in [1.82, 2.24) is 14.8 Å². The lowest BCUT2D eigenvalue weighted by Gasteiger charge is -2.14. The first kappa shape index (κ1) is 20.2. The molecule has 9 heteroatoms. The van der Waals surface area contributed by atoms with Crippen molar-refractivity contribution < 1.29 is 13.9 Å². The number of halogens is 2. The summed E-state index contributed by atoms with van der Waals surface area (Å²) in [6.07, 6.45) is -0.389. The number of amides is 1. The predicted octanol–water partition coefficient (Wildman–Crippen LogP) is 4.48. The first-order valence-corrected chi connectivity index (χ1v) is 9.78. The van der Waals surface area contributed by atoms with Crippen LogP contribution in [-0.2, 0) is 11.8 Å². The molecule has 0 saturated heterocycles. The van der Waals surface area contributed by atoms with Crippen molar-refractivity contribution in [2.24, 2.45) is 7.05 Å². The van der Waals surface area contributed by atoms with Gasteiger partial charge in [0.15, 0.2) is 17.1 Å². The third-order valence-electron chi connectivity index (χ3n) is 3.82. The summed E-state index contributed by atoms with van der Waals surface area (Å²) in [4.78, 5) is 12.1. The van der Waals surface area contributed by atoms with Crippen molar-refractivity contribution in [2.45, 2.75) is 18.2 Å². The van der Waals surface area contributed by atoms with Gasteiger partial charge in [0.25, 0.3) is 0 Å². The Bertz CT molecular complexity index is 948. The lowest BCUT2D eigenvalue weighted by Crippen LogP contribution is -2.14. The minimum Gasteiger partial charge on any atom is -0.483 e. The zero-order valence-electron chi connectivity index (χ0n) is 15.2. The van der Waals surface area contributed by atoms with E-state index >= 15 is 0 Å². The van der Waals surface area contributed by atoms with Gasteiger partial charge in [0.1, 0.15) is 11.6 Å². The number of ether oxygens (including phenoxy) is 1. The number of nitrogens with zero attached hydrogens (tertiary/aromatic N) is 3. The molecule has 0 saturated carbocycles. The van der Waals surface area contributed by atoms with Crippen molar-refractivity contribution in [1.29, 1.82) is 0 Å². The summed E-state index contributed by atoms with van der Waals surface area (Å²) in [5, 5.41) is 12.3. The number of hydrogen-bond acceptors (Lipinski definition) is 5. The van der Waals surface area contributed by atoms with Gasteiger partial charge in [-0.25, -0.2) is 4.39 Å². The Hall–Kier alpha value is -2.58. The van der Waals surface area contributed by atoms with Crippen LogP contribution in [0.3, 0.4) is 0 Å². The van der Waals surface area contributed by atoms with Crippen LogP contribution in [0, 0.1) is 5.82 Å². The van der Waals surface area contributed by atoms with Gasteiger partial charge in [0.2, 0.25) is 5.91 Å². The fraction of sp³-hybridized carbons (Fsp3) is 0.211. The Balaban J connectivity index is 1.57. The molecule has 1 aromatic heterocycles. The average Bonchev–Trinajstić information content (AvgIpc) is 3.04. The van der Waals surface area contributed by atoms with Gasteiger partial charge in [-0.3, -0.25) is 4.79 Å². The molecule has 0 fully saturated rings. The second kappa shape index (κ2) is 9.07. The van der Waals surface area contributed by atoms with E-state index in [9.17, 15) is 9.18 Å². The number of thioether (sulfide) groups is 1. The van der Waals surface area contributed by atoms with E-state index in [1.807, 2.05) is 6.92 Å². The summed E-state index contributed by atoms with van der Waals surface area (Å²) >= 11 is 7.10. The molecular weight excluding hydrogens is 403 g/mol. The van der Waals surface area contributed by atoms with E-state index in [0.717, 1.165) is 0 Å². The standard InChI is InChI=1S/C19H18ClFN4O2S/c1-12(27-16-9-5-14(21)6-10-16)18-23-24-19(25(18)2)28-11-17(26)22-15-7-3-13(20)4-8-15/h3-10,12H,11H2,1-2H3,(H,22,26). The molecule has 1 amide bonds. The molecular formula is C19H18ClFN4O2S. The summed E-state index contributed by atoms with van der Waals surface area (Å²) < 4.78 is 20.5. The smallest absolute Gasteiger partial charge is 0.234 e. The minimum atomic E-state index is -0.389. The first-order chi connectivity index (χ1) is 13.4. The third-order valence-corrected chi connectivity index (χ3v) is 5.09. The highest BCUT2D eigenvalue weighted by Crippen LogP contribution is 2.24. The first-order valence-electron chi connectivity index (χ1n) is 8.42. The van der Waals surface area contributed by atoms with Crippen molar-refractivity contribution in [3.8, 4) is 5.75 Å². The topological polar surface area (TPSA) is 69.0 Å². The summed E-state index contributed by atoms with van der Waals surface area (Å²) in [6, 6.07) is 12.7. The Morgan fingerprint density at radius 1 is 1.21 bits per heavy atom. The van der Waals surface area contributed by atoms with Crippen LogP contribution in [0.4, 0.5) is 10.1 Å². The largest absolute Gasteiger partial charge is 0.483 e. The number of aromatic nitrogens is 3. The molecule has 1 heterocycles. The zero-order valence-corrected chi connectivity index (χ0v) is 16.8. The van der Waals surface area contributed by atoms with Crippen molar-refractivity contribution in [3.63, 3.8) is 0 Å². The number of carbonyl (C=O) groups excluding carboxylic acids is 1. The molecule has 2 aromatic carbocycles. The quantitative estimate of drug-likeness (QED) is 0.571. The molecule has 0 bridgehead atoms. The number of benzene rings is 2. The number of anilines is 1. The van der Waals surface area contributed by atoms with E-state index in [-0.39, 0.29) is 23.6 Å². The Labute approximate surface area is 171 Å². The Kier molecular flexibility index (Phi) is 6.53. The molecule has 6 nitrogen and oxygen atoms in total. The van der Waals surface area contributed by atoms with Crippen molar-refractivity contribution in [2.75, 3.05) is 11.1 Å². The molecule has 3 rings (SSSR count). The summed E-state index contributed by atoms with van der Waals surface area (Å²) in [6.45, 7) is 1.83. The van der Waals surface area contributed by atoms with Gasteiger partial charge in [0.05, 0.1) is 5.75 Å². The van der Waals surface area contributed by atoms with E-state index < -0.39 is 0 Å². The van der Waals surface area contributed by atoms with Gasteiger partial charge in [-0.2, -0.15) is 0 Å². The molecule has 0 spiro atoms. The van der Waals surface area contributed by atoms with E-state index in [1.54, 1.807) is 48.0 Å². The maximum absolute atomic E-state index is 13.0. The SMILES string of the molecule is CC(Oc1ccc(F)cc1)c1nnc(SCC(=O)Nc2ccc(Cl)cc2)n1C. The molecule has 0 aliphatic rings. The van der Waals surface area contributed by atoms with E-state index in [1.165, 1.54) is 23.9 Å². The molecule has 1 unspecified atom stereocenters. The monoisotopic (exact) mass is 420 g/mol. The van der Waals surface area contributed by atoms with Crippen LogP contribution in [0.1, 0.15) is 18.9 Å². The molecule has 146 valence electrons. The number of carbonyl (C=O) groups is 1. The minimum absolute atomic E-state index is 0.160. The highest BCUT2D eigenvalue weighted by Gasteiger charge is 2.18. The van der Waals surface area contributed by atoms with Gasteiger partial charge >= 0.3 is 0 Å². The molecule has 3 aromatic rings. The van der Waals surface area contributed by atoms with E-state index in [2.05, 4.69) is 15.5 Å². The predicted molar refractivity (Wildman–Crippen MR) is 107 cm³/mol. The van der Waals surface area contributed by atoms with Crippen molar-refractivity contribution in [3.05, 3.63) is 65.2 Å². The molecule has 1 N–H and O–H groups in total. The highest BCUT2D eigenvalue weighted by atomic mass is 35.5. The maximum atomic E-state index is 13.0. The van der Waals surface area contributed by atoms with Gasteiger partial charge in [-0.15, -0.1) is 10.2 Å². The number of rotatable bonds is 7. The second-order valence-corrected chi connectivity index (χ2v) is 7.34. The maximum Gasteiger partial charge on any atom is 0.234 e. The van der Waals surface area contributed by atoms with Gasteiger partial charge in [-0.05, 0) is 55.5 Å². The number of hydrogen-bond donors (Lipinski definition) is 1. The summed E-state index contributed by atoms with van der Waals surface area (Å²) in [7, 11) is 1.80. The third kappa shape index (κ3) is 5.24. The highest BCUT2D eigenvalue weighted by molar-refractivity contribution is 7.99. The normalized spacial score (nSPS) is 11.9. The average molecular weight is 421 g/mol. The Morgan fingerprint density at radius 3 is 2.57 bits per heavy atom. The van der Waals surface area contributed by atoms with Crippen LogP contribution in [0.15, 0.2) is 53.7 Å². The van der Waals surface area contributed by atoms with E-state index in [4.69, 9.17) is 16.3 Å². The molecule has 28 heavy (non-hydrogen) atoms. The second-order valence-electron chi connectivity index (χ2n) is 5.96. The van der Waals surface area contributed by atoms with Crippen LogP contribution >= 0.6 is 23.4 Å². The van der Waals surface area contributed by atoms with Gasteiger partial charge < -0.3 is 14.6 Å². The lowest BCUT2D eigenvalue weighted by molar-refractivity contribution is -0.113. The molecule has 0 aliphatic carbocycles. The van der Waals surface area contributed by atoms with Crippen LogP contribution in [-0.4, -0.2) is 26.4 Å². The van der Waals surface area contributed by atoms with E-state index in [0.29, 0.717) is 27.4 Å². The van der Waals surface area contributed by atoms with Crippen LogP contribution in [0.25, 0.3) is 0 Å². The lowest BCUT2D eigenvalue weighted by atomic mass is 10.3. The molecule has 0 radical (unpaired) electrons. The van der Waals surface area contributed by atoms with Crippen LogP contribution < -0.4 is 10.1 Å². The van der Waals surface area contributed by atoms with Crippen LogP contribution in [0.2, 0.25) is 5.02 Å².